The zero-order valence-electron chi connectivity index (χ0n) is 19.6. The molecule has 0 amide bonds. The second-order valence-corrected chi connectivity index (χ2v) is 9.98. The van der Waals surface area contributed by atoms with Crippen LogP contribution in [-0.2, 0) is 0 Å². The van der Waals surface area contributed by atoms with Gasteiger partial charge in [0, 0.05) is 43.6 Å². The standard InChI is InChI=1S/C25H32N8O/c1-31-8-10-32(11-9-31)14-16-2-4-18(5-3-16)33-25-22(24(26)27-15-28-25)23(30-33)21-13-17-12-19(34)6-7-20(17)29-21/h6-7,12-13,15-16,18,29,34H,2-5,8-11,14H2,1H3,(H2,26,27,28). The van der Waals surface area contributed by atoms with E-state index in [4.69, 9.17) is 10.8 Å². The SMILES string of the molecule is CN1CCN(CC2CCC(n3nc(-c4cc5cc(O)ccc5[nH]4)c4c(N)ncnc43)CC2)CC1. The molecule has 9 nitrogen and oxygen atoms in total. The molecule has 34 heavy (non-hydrogen) atoms. The third kappa shape index (κ3) is 3.88. The number of nitrogens with zero attached hydrogens (tertiary/aromatic N) is 6. The van der Waals surface area contributed by atoms with E-state index in [-0.39, 0.29) is 5.75 Å². The van der Waals surface area contributed by atoms with Crippen molar-refractivity contribution < 1.29 is 5.11 Å². The fourth-order valence-corrected chi connectivity index (χ4v) is 5.65. The highest BCUT2D eigenvalue weighted by atomic mass is 16.3. The molecule has 4 heterocycles. The van der Waals surface area contributed by atoms with Gasteiger partial charge in [-0.25, -0.2) is 14.6 Å². The largest absolute Gasteiger partial charge is 0.508 e. The number of piperazine rings is 1. The molecule has 0 unspecified atom stereocenters. The number of aromatic amines is 1. The van der Waals surface area contributed by atoms with Crippen molar-refractivity contribution in [2.45, 2.75) is 31.7 Å². The number of aromatic nitrogens is 5. The summed E-state index contributed by atoms with van der Waals surface area (Å²) in [6.07, 6.45) is 6.14. The van der Waals surface area contributed by atoms with Gasteiger partial charge in [-0.3, -0.25) is 0 Å². The first-order valence-electron chi connectivity index (χ1n) is 12.3. The summed E-state index contributed by atoms with van der Waals surface area (Å²) in [5.41, 5.74) is 9.69. The first-order valence-corrected chi connectivity index (χ1v) is 12.3. The molecule has 1 aliphatic carbocycles. The quantitative estimate of drug-likeness (QED) is 0.429. The van der Waals surface area contributed by atoms with Gasteiger partial charge >= 0.3 is 0 Å². The molecule has 0 spiro atoms. The minimum atomic E-state index is 0.240. The van der Waals surface area contributed by atoms with E-state index in [0.29, 0.717) is 11.9 Å². The number of hydrogen-bond acceptors (Lipinski definition) is 7. The summed E-state index contributed by atoms with van der Waals surface area (Å²) < 4.78 is 2.08. The molecule has 2 aliphatic rings. The Labute approximate surface area is 198 Å². The molecule has 0 radical (unpaired) electrons. The second kappa shape index (κ2) is 8.56. The number of likely N-dealkylation sites (N-methyl/N-ethyl adjacent to an activating group) is 1. The number of hydrogen-bond donors (Lipinski definition) is 3. The number of phenolic OH excluding ortho intramolecular Hbond substituents is 1. The monoisotopic (exact) mass is 460 g/mol. The Kier molecular flexibility index (Phi) is 5.38. The lowest BCUT2D eigenvalue weighted by Gasteiger charge is -2.37. The first-order chi connectivity index (χ1) is 16.5. The number of aromatic hydroxyl groups is 1. The van der Waals surface area contributed by atoms with Crippen molar-refractivity contribution in [1.29, 1.82) is 0 Å². The third-order valence-corrected chi connectivity index (χ3v) is 7.65. The average molecular weight is 461 g/mol. The maximum atomic E-state index is 9.86. The van der Waals surface area contributed by atoms with E-state index < -0.39 is 0 Å². The maximum Gasteiger partial charge on any atom is 0.164 e. The lowest BCUT2D eigenvalue weighted by atomic mass is 9.85. The van der Waals surface area contributed by atoms with E-state index in [9.17, 15) is 5.11 Å². The van der Waals surface area contributed by atoms with Gasteiger partial charge < -0.3 is 25.6 Å². The minimum Gasteiger partial charge on any atom is -0.508 e. The summed E-state index contributed by atoms with van der Waals surface area (Å²) in [6, 6.07) is 7.60. The van der Waals surface area contributed by atoms with Crippen molar-refractivity contribution in [2.24, 2.45) is 5.92 Å². The third-order valence-electron chi connectivity index (χ3n) is 7.65. The van der Waals surface area contributed by atoms with Crippen LogP contribution in [0.15, 0.2) is 30.6 Å². The molecule has 0 atom stereocenters. The van der Waals surface area contributed by atoms with E-state index in [1.165, 1.54) is 51.9 Å². The first kappa shape index (κ1) is 21.4. The Morgan fingerprint density at radius 1 is 1.06 bits per heavy atom. The fourth-order valence-electron chi connectivity index (χ4n) is 5.65. The molecule has 2 fully saturated rings. The molecule has 9 heteroatoms. The molecule has 3 aromatic heterocycles. The van der Waals surface area contributed by atoms with Gasteiger partial charge in [0.25, 0.3) is 0 Å². The van der Waals surface area contributed by atoms with Crippen molar-refractivity contribution in [3.63, 3.8) is 0 Å². The van der Waals surface area contributed by atoms with Crippen molar-refractivity contribution in [1.82, 2.24) is 34.5 Å². The average Bonchev–Trinajstić information content (AvgIpc) is 3.43. The Morgan fingerprint density at radius 2 is 1.85 bits per heavy atom. The van der Waals surface area contributed by atoms with Crippen LogP contribution in [0.4, 0.5) is 5.82 Å². The van der Waals surface area contributed by atoms with Gasteiger partial charge in [0.1, 0.15) is 23.6 Å². The number of nitrogens with two attached hydrogens (primary N) is 1. The molecular weight excluding hydrogens is 428 g/mol. The molecule has 4 aromatic rings. The highest BCUT2D eigenvalue weighted by molar-refractivity contribution is 6.00. The van der Waals surface area contributed by atoms with E-state index in [1.54, 1.807) is 12.1 Å². The van der Waals surface area contributed by atoms with Crippen molar-refractivity contribution in [3.05, 3.63) is 30.6 Å². The Morgan fingerprint density at radius 3 is 2.65 bits per heavy atom. The minimum absolute atomic E-state index is 0.240. The number of fused-ring (bicyclic) bond motifs is 2. The number of anilines is 1. The van der Waals surface area contributed by atoms with E-state index in [0.717, 1.165) is 52.1 Å². The second-order valence-electron chi connectivity index (χ2n) is 9.98. The van der Waals surface area contributed by atoms with Crippen LogP contribution in [0, 0.1) is 5.92 Å². The van der Waals surface area contributed by atoms with Crippen LogP contribution in [0.3, 0.4) is 0 Å². The van der Waals surface area contributed by atoms with E-state index in [1.807, 2.05) is 12.1 Å². The topological polar surface area (TPSA) is 112 Å². The molecule has 1 saturated heterocycles. The summed E-state index contributed by atoms with van der Waals surface area (Å²) in [5, 5.41) is 16.6. The lowest BCUT2D eigenvalue weighted by molar-refractivity contribution is 0.119. The van der Waals surface area contributed by atoms with E-state index in [2.05, 4.69) is 36.5 Å². The normalized spacial score (nSPS) is 22.6. The number of benzene rings is 1. The van der Waals surface area contributed by atoms with Crippen LogP contribution >= 0.6 is 0 Å². The summed E-state index contributed by atoms with van der Waals surface area (Å²) in [7, 11) is 2.21. The number of rotatable bonds is 4. The van der Waals surface area contributed by atoms with Crippen molar-refractivity contribution in [2.75, 3.05) is 45.5 Å². The number of phenols is 1. The van der Waals surface area contributed by atoms with Crippen LogP contribution in [-0.4, -0.2) is 79.4 Å². The number of nitrogens with one attached hydrogen (secondary N) is 1. The Bertz CT molecular complexity index is 1310. The Balaban J connectivity index is 1.26. The molecule has 1 saturated carbocycles. The van der Waals surface area contributed by atoms with Crippen LogP contribution < -0.4 is 5.73 Å². The van der Waals surface area contributed by atoms with Gasteiger partial charge in [-0.1, -0.05) is 0 Å². The van der Waals surface area contributed by atoms with Gasteiger partial charge in [0.15, 0.2) is 5.65 Å². The van der Waals surface area contributed by atoms with Crippen LogP contribution in [0.2, 0.25) is 0 Å². The van der Waals surface area contributed by atoms with E-state index >= 15 is 0 Å². The molecule has 178 valence electrons. The van der Waals surface area contributed by atoms with Crippen molar-refractivity contribution in [3.8, 4) is 17.1 Å². The molecule has 6 rings (SSSR count). The number of nitrogen functional groups attached to an aromatic ring is 1. The van der Waals surface area contributed by atoms with Crippen LogP contribution in [0.1, 0.15) is 31.7 Å². The van der Waals surface area contributed by atoms with Gasteiger partial charge in [0.2, 0.25) is 0 Å². The summed E-state index contributed by atoms with van der Waals surface area (Å²) in [6.45, 7) is 5.92. The highest BCUT2D eigenvalue weighted by Gasteiger charge is 2.28. The summed E-state index contributed by atoms with van der Waals surface area (Å²) in [4.78, 5) is 17.3. The molecule has 0 bridgehead atoms. The fraction of sp³-hybridized carbons (Fsp3) is 0.480. The van der Waals surface area contributed by atoms with Gasteiger partial charge in [-0.2, -0.15) is 5.10 Å². The smallest absolute Gasteiger partial charge is 0.164 e. The number of H-pyrrole nitrogens is 1. The summed E-state index contributed by atoms with van der Waals surface area (Å²) >= 11 is 0. The molecular formula is C25H32N8O. The van der Waals surface area contributed by atoms with Gasteiger partial charge in [0.05, 0.1) is 17.1 Å². The molecule has 1 aromatic carbocycles. The summed E-state index contributed by atoms with van der Waals surface area (Å²) in [5.74, 6) is 1.43. The predicted molar refractivity (Wildman–Crippen MR) is 134 cm³/mol. The maximum absolute atomic E-state index is 9.86. The molecule has 1 aliphatic heterocycles. The Hall–Kier alpha value is -3.17. The zero-order chi connectivity index (χ0) is 23.2. The van der Waals surface area contributed by atoms with Crippen LogP contribution in [0.25, 0.3) is 33.3 Å². The lowest BCUT2D eigenvalue weighted by Crippen LogP contribution is -2.46. The van der Waals surface area contributed by atoms with Crippen LogP contribution in [0.5, 0.6) is 5.75 Å². The highest BCUT2D eigenvalue weighted by Crippen LogP contribution is 2.38. The van der Waals surface area contributed by atoms with Gasteiger partial charge in [-0.15, -0.1) is 0 Å². The predicted octanol–water partition coefficient (Wildman–Crippen LogP) is 3.24. The zero-order valence-corrected chi connectivity index (χ0v) is 19.6. The molecule has 4 N–H and O–H groups in total. The van der Waals surface area contributed by atoms with Gasteiger partial charge in [-0.05, 0) is 62.9 Å². The van der Waals surface area contributed by atoms with Crippen molar-refractivity contribution >= 4 is 27.8 Å².